The lowest BCUT2D eigenvalue weighted by atomic mass is 9.96. The van der Waals surface area contributed by atoms with Crippen LogP contribution < -0.4 is 0 Å². The standard InChI is InChI=1S/C21H27ClN2O/c1-2-25-17-16-23-12-14-24(15-13-23)21(18-6-4-3-5-7-18)19-8-10-20(22)11-9-19/h3-11,21H,2,12-17H2,1H3/t21-/m1/s1. The van der Waals surface area contributed by atoms with Gasteiger partial charge in [0.1, 0.15) is 0 Å². The fraction of sp³-hybridized carbons (Fsp3) is 0.429. The first-order chi connectivity index (χ1) is 12.3. The number of benzene rings is 2. The summed E-state index contributed by atoms with van der Waals surface area (Å²) in [5, 5.41) is 0.788. The molecule has 0 unspecified atom stereocenters. The number of nitrogens with zero attached hydrogens (tertiary/aromatic N) is 2. The van der Waals surface area contributed by atoms with Gasteiger partial charge in [-0.15, -0.1) is 0 Å². The second kappa shape index (κ2) is 9.35. The highest BCUT2D eigenvalue weighted by atomic mass is 35.5. The lowest BCUT2D eigenvalue weighted by molar-refractivity contribution is 0.0709. The maximum Gasteiger partial charge on any atom is 0.0602 e. The van der Waals surface area contributed by atoms with Crippen molar-refractivity contribution in [3.8, 4) is 0 Å². The maximum absolute atomic E-state index is 6.10. The predicted molar refractivity (Wildman–Crippen MR) is 104 cm³/mol. The summed E-state index contributed by atoms with van der Waals surface area (Å²) < 4.78 is 5.49. The molecule has 3 rings (SSSR count). The molecule has 0 aliphatic carbocycles. The van der Waals surface area contributed by atoms with Crippen LogP contribution in [0.25, 0.3) is 0 Å². The van der Waals surface area contributed by atoms with Crippen molar-refractivity contribution in [2.75, 3.05) is 45.9 Å². The predicted octanol–water partition coefficient (Wildman–Crippen LogP) is 4.08. The van der Waals surface area contributed by atoms with E-state index in [4.69, 9.17) is 16.3 Å². The second-order valence-electron chi connectivity index (χ2n) is 6.44. The van der Waals surface area contributed by atoms with Crippen LogP contribution in [-0.4, -0.2) is 55.7 Å². The highest BCUT2D eigenvalue weighted by Crippen LogP contribution is 2.30. The van der Waals surface area contributed by atoms with Gasteiger partial charge in [0.2, 0.25) is 0 Å². The molecule has 1 aliphatic rings. The van der Waals surface area contributed by atoms with Gasteiger partial charge in [-0.1, -0.05) is 54.1 Å². The summed E-state index contributed by atoms with van der Waals surface area (Å²) in [5.74, 6) is 0. The van der Waals surface area contributed by atoms with E-state index in [0.29, 0.717) is 0 Å². The molecular weight excluding hydrogens is 332 g/mol. The molecule has 1 fully saturated rings. The van der Waals surface area contributed by atoms with Gasteiger partial charge in [0.05, 0.1) is 12.6 Å². The van der Waals surface area contributed by atoms with Crippen LogP contribution in [-0.2, 0) is 4.74 Å². The van der Waals surface area contributed by atoms with Gasteiger partial charge in [-0.25, -0.2) is 0 Å². The normalized spacial score (nSPS) is 17.5. The Hall–Kier alpha value is -1.39. The van der Waals surface area contributed by atoms with Gasteiger partial charge in [0.15, 0.2) is 0 Å². The largest absolute Gasteiger partial charge is 0.380 e. The first-order valence-corrected chi connectivity index (χ1v) is 9.50. The molecule has 2 aromatic carbocycles. The van der Waals surface area contributed by atoms with Crippen LogP contribution in [0.4, 0.5) is 0 Å². The molecule has 1 saturated heterocycles. The number of halogens is 1. The van der Waals surface area contributed by atoms with E-state index in [1.165, 1.54) is 11.1 Å². The molecule has 25 heavy (non-hydrogen) atoms. The summed E-state index contributed by atoms with van der Waals surface area (Å²) in [7, 11) is 0. The Balaban J connectivity index is 1.72. The first-order valence-electron chi connectivity index (χ1n) is 9.12. The number of ether oxygens (including phenoxy) is 1. The minimum absolute atomic E-state index is 0.285. The van der Waals surface area contributed by atoms with Gasteiger partial charge in [-0.05, 0) is 30.2 Å². The maximum atomic E-state index is 6.10. The second-order valence-corrected chi connectivity index (χ2v) is 6.88. The Bertz CT molecular complexity index is 624. The topological polar surface area (TPSA) is 15.7 Å². The zero-order valence-electron chi connectivity index (χ0n) is 14.9. The summed E-state index contributed by atoms with van der Waals surface area (Å²) in [5.41, 5.74) is 2.64. The Morgan fingerprint density at radius 1 is 0.920 bits per heavy atom. The molecule has 0 aromatic heterocycles. The average molecular weight is 359 g/mol. The molecule has 2 aromatic rings. The van der Waals surface area contributed by atoms with E-state index in [-0.39, 0.29) is 6.04 Å². The van der Waals surface area contributed by atoms with Crippen molar-refractivity contribution < 1.29 is 4.74 Å². The number of hydrogen-bond donors (Lipinski definition) is 0. The van der Waals surface area contributed by atoms with Crippen LogP contribution in [0.3, 0.4) is 0 Å². The van der Waals surface area contributed by atoms with E-state index < -0.39 is 0 Å². The number of rotatable bonds is 7. The van der Waals surface area contributed by atoms with Gasteiger partial charge >= 0.3 is 0 Å². The Morgan fingerprint density at radius 2 is 1.56 bits per heavy atom. The van der Waals surface area contributed by atoms with E-state index >= 15 is 0 Å². The molecule has 0 bridgehead atoms. The van der Waals surface area contributed by atoms with Gasteiger partial charge < -0.3 is 4.74 Å². The van der Waals surface area contributed by atoms with Crippen molar-refractivity contribution in [2.24, 2.45) is 0 Å². The zero-order chi connectivity index (χ0) is 17.5. The third kappa shape index (κ3) is 5.05. The molecule has 0 radical (unpaired) electrons. The third-order valence-electron chi connectivity index (χ3n) is 4.83. The summed E-state index contributed by atoms with van der Waals surface area (Å²) in [4.78, 5) is 5.08. The average Bonchev–Trinajstić information content (AvgIpc) is 2.66. The minimum atomic E-state index is 0.285. The van der Waals surface area contributed by atoms with Gasteiger partial charge in [0, 0.05) is 44.4 Å². The van der Waals surface area contributed by atoms with Crippen molar-refractivity contribution in [3.63, 3.8) is 0 Å². The Labute approximate surface area is 156 Å². The van der Waals surface area contributed by atoms with E-state index in [0.717, 1.165) is 51.0 Å². The van der Waals surface area contributed by atoms with Crippen LogP contribution in [0, 0.1) is 0 Å². The fourth-order valence-corrected chi connectivity index (χ4v) is 3.60. The van der Waals surface area contributed by atoms with Crippen molar-refractivity contribution in [2.45, 2.75) is 13.0 Å². The van der Waals surface area contributed by atoms with Crippen LogP contribution in [0.5, 0.6) is 0 Å². The molecule has 0 saturated carbocycles. The summed E-state index contributed by atoms with van der Waals surface area (Å²) in [6.07, 6.45) is 0. The quantitative estimate of drug-likeness (QED) is 0.693. The van der Waals surface area contributed by atoms with Crippen molar-refractivity contribution in [1.82, 2.24) is 9.80 Å². The van der Waals surface area contributed by atoms with Crippen LogP contribution in [0.1, 0.15) is 24.1 Å². The molecule has 134 valence electrons. The molecule has 0 spiro atoms. The molecule has 1 aliphatic heterocycles. The molecule has 1 atom stereocenters. The van der Waals surface area contributed by atoms with Crippen LogP contribution in [0.2, 0.25) is 5.02 Å². The molecule has 0 N–H and O–H groups in total. The van der Waals surface area contributed by atoms with Crippen LogP contribution >= 0.6 is 11.6 Å². The highest BCUT2D eigenvalue weighted by Gasteiger charge is 2.26. The van der Waals surface area contributed by atoms with Crippen molar-refractivity contribution in [3.05, 3.63) is 70.7 Å². The van der Waals surface area contributed by atoms with Gasteiger partial charge in [-0.3, -0.25) is 9.80 Å². The third-order valence-corrected chi connectivity index (χ3v) is 5.08. The number of hydrogen-bond acceptors (Lipinski definition) is 3. The Kier molecular flexibility index (Phi) is 6.88. The monoisotopic (exact) mass is 358 g/mol. The molecular formula is C21H27ClN2O. The summed E-state index contributed by atoms with van der Waals surface area (Å²) in [6, 6.07) is 19.3. The van der Waals surface area contributed by atoms with E-state index in [9.17, 15) is 0 Å². The number of piperazine rings is 1. The first kappa shape index (κ1) is 18.4. The summed E-state index contributed by atoms with van der Waals surface area (Å²) in [6.45, 7) is 9.01. The van der Waals surface area contributed by atoms with Crippen molar-refractivity contribution >= 4 is 11.6 Å². The lowest BCUT2D eigenvalue weighted by Gasteiger charge is -2.39. The molecule has 4 heteroatoms. The van der Waals surface area contributed by atoms with E-state index in [1.54, 1.807) is 0 Å². The summed E-state index contributed by atoms with van der Waals surface area (Å²) >= 11 is 6.10. The Morgan fingerprint density at radius 3 is 2.20 bits per heavy atom. The molecule has 1 heterocycles. The van der Waals surface area contributed by atoms with Crippen LogP contribution in [0.15, 0.2) is 54.6 Å². The SMILES string of the molecule is CCOCCN1CCN([C@H](c2ccccc2)c2ccc(Cl)cc2)CC1. The molecule has 0 amide bonds. The fourth-order valence-electron chi connectivity index (χ4n) is 3.48. The van der Waals surface area contributed by atoms with Gasteiger partial charge in [0.25, 0.3) is 0 Å². The zero-order valence-corrected chi connectivity index (χ0v) is 15.7. The van der Waals surface area contributed by atoms with E-state index in [1.807, 2.05) is 12.1 Å². The lowest BCUT2D eigenvalue weighted by Crippen LogP contribution is -2.48. The smallest absolute Gasteiger partial charge is 0.0602 e. The minimum Gasteiger partial charge on any atom is -0.380 e. The van der Waals surface area contributed by atoms with Gasteiger partial charge in [-0.2, -0.15) is 0 Å². The van der Waals surface area contributed by atoms with Crippen molar-refractivity contribution in [1.29, 1.82) is 0 Å². The highest BCUT2D eigenvalue weighted by molar-refractivity contribution is 6.30. The molecule has 3 nitrogen and oxygen atoms in total. The van der Waals surface area contributed by atoms with E-state index in [2.05, 4.69) is 59.2 Å².